The molecule has 0 aliphatic heterocycles. The molecule has 5 rings (SSSR count). The third-order valence-corrected chi connectivity index (χ3v) is 6.66. The Kier molecular flexibility index (Phi) is 6.30. The van der Waals surface area contributed by atoms with E-state index in [2.05, 4.69) is 37.5 Å². The average Bonchev–Trinajstić information content (AvgIpc) is 3.58. The van der Waals surface area contributed by atoms with Crippen LogP contribution in [0, 0.1) is 17.1 Å². The molecule has 1 aliphatic rings. The molecular formula is C26H27BClFN8. The lowest BCUT2D eigenvalue weighted by Gasteiger charge is -2.31. The number of anilines is 2. The number of aromatic nitrogens is 4. The van der Waals surface area contributed by atoms with E-state index in [1.165, 1.54) is 18.3 Å². The van der Waals surface area contributed by atoms with Crippen molar-refractivity contribution in [1.82, 2.24) is 25.4 Å². The van der Waals surface area contributed by atoms with Gasteiger partial charge >= 0.3 is 0 Å². The fourth-order valence-corrected chi connectivity index (χ4v) is 4.45. The summed E-state index contributed by atoms with van der Waals surface area (Å²) in [5.41, 5.74) is 9.01. The molecule has 1 aliphatic carbocycles. The molecule has 37 heavy (non-hydrogen) atoms. The van der Waals surface area contributed by atoms with Gasteiger partial charge in [0.2, 0.25) is 0 Å². The second kappa shape index (κ2) is 9.32. The van der Waals surface area contributed by atoms with E-state index < -0.39 is 5.44 Å². The van der Waals surface area contributed by atoms with Crippen LogP contribution in [-0.4, -0.2) is 33.4 Å². The van der Waals surface area contributed by atoms with Crippen molar-refractivity contribution in [1.29, 1.82) is 5.26 Å². The van der Waals surface area contributed by atoms with Crippen molar-refractivity contribution in [3.8, 4) is 6.07 Å². The van der Waals surface area contributed by atoms with Gasteiger partial charge in [0, 0.05) is 22.8 Å². The minimum atomic E-state index is -0.852. The summed E-state index contributed by atoms with van der Waals surface area (Å²) in [6, 6.07) is 12.6. The number of nitrogens with zero attached hydrogens (tertiary/aromatic N) is 5. The first-order valence-electron chi connectivity index (χ1n) is 12.1. The summed E-state index contributed by atoms with van der Waals surface area (Å²) < 4.78 is 15.7. The van der Waals surface area contributed by atoms with Crippen LogP contribution in [0.5, 0.6) is 0 Å². The van der Waals surface area contributed by atoms with Gasteiger partial charge in [0.25, 0.3) is 0 Å². The van der Waals surface area contributed by atoms with Crippen molar-refractivity contribution in [2.75, 3.05) is 10.7 Å². The van der Waals surface area contributed by atoms with Gasteiger partial charge in [0.1, 0.15) is 25.4 Å². The molecule has 4 aromatic rings. The number of hydrogen-bond acceptors (Lipinski definition) is 7. The first kappa shape index (κ1) is 25.0. The fourth-order valence-electron chi connectivity index (χ4n) is 4.18. The van der Waals surface area contributed by atoms with Gasteiger partial charge in [-0.3, -0.25) is 4.98 Å². The van der Waals surface area contributed by atoms with E-state index >= 15 is 0 Å². The number of nitrogens with one attached hydrogen (secondary N) is 3. The van der Waals surface area contributed by atoms with Crippen LogP contribution in [0.15, 0.2) is 48.8 Å². The molecule has 188 valence electrons. The van der Waals surface area contributed by atoms with Crippen LogP contribution in [0.1, 0.15) is 56.5 Å². The summed E-state index contributed by atoms with van der Waals surface area (Å²) in [4.78, 5) is 4.43. The lowest BCUT2D eigenvalue weighted by Crippen LogP contribution is -2.40. The smallest absolute Gasteiger partial charge is 0.148 e. The van der Waals surface area contributed by atoms with E-state index in [0.717, 1.165) is 18.4 Å². The van der Waals surface area contributed by atoms with Gasteiger partial charge in [0.05, 0.1) is 39.5 Å². The Labute approximate surface area is 220 Å². The SMILES string of the molecule is BC(Nc1cc(Cl)c2ncc(C#N)c(NNC(C)(C)C)c2c1)(c1ccc(F)cc1)c1cn(C2CC2)nn1. The number of rotatable bonds is 7. The molecule has 1 saturated carbocycles. The molecule has 2 aromatic carbocycles. The van der Waals surface area contributed by atoms with Gasteiger partial charge in [-0.05, 0) is 63.4 Å². The summed E-state index contributed by atoms with van der Waals surface area (Å²) in [5.74, 6) is -0.321. The summed E-state index contributed by atoms with van der Waals surface area (Å²) in [7, 11) is 1.98. The van der Waals surface area contributed by atoms with E-state index in [1.807, 2.05) is 45.6 Å². The summed E-state index contributed by atoms with van der Waals surface area (Å²) in [6.45, 7) is 6.04. The molecule has 1 fully saturated rings. The van der Waals surface area contributed by atoms with E-state index in [1.54, 1.807) is 18.2 Å². The summed E-state index contributed by atoms with van der Waals surface area (Å²) in [5, 5.41) is 23.2. The lowest BCUT2D eigenvalue weighted by atomic mass is 9.69. The molecule has 0 radical (unpaired) electrons. The van der Waals surface area contributed by atoms with Gasteiger partial charge in [-0.15, -0.1) is 5.10 Å². The van der Waals surface area contributed by atoms with Crippen molar-refractivity contribution >= 4 is 41.7 Å². The molecule has 2 heterocycles. The van der Waals surface area contributed by atoms with Crippen molar-refractivity contribution in [3.05, 3.63) is 76.5 Å². The highest BCUT2D eigenvalue weighted by Gasteiger charge is 2.34. The fraction of sp³-hybridized carbons (Fsp3) is 0.308. The molecule has 0 bridgehead atoms. The van der Waals surface area contributed by atoms with Crippen molar-refractivity contribution in [2.24, 2.45) is 0 Å². The van der Waals surface area contributed by atoms with Gasteiger partial charge < -0.3 is 10.7 Å². The number of fused-ring (bicyclic) bond motifs is 1. The maximum Gasteiger partial charge on any atom is 0.148 e. The zero-order valence-corrected chi connectivity index (χ0v) is 21.9. The number of hydrazine groups is 1. The first-order valence-corrected chi connectivity index (χ1v) is 12.5. The van der Waals surface area contributed by atoms with Crippen LogP contribution in [-0.2, 0) is 5.44 Å². The molecule has 0 amide bonds. The highest BCUT2D eigenvalue weighted by Crippen LogP contribution is 2.38. The highest BCUT2D eigenvalue weighted by atomic mass is 35.5. The molecule has 3 N–H and O–H groups in total. The van der Waals surface area contributed by atoms with Crippen LogP contribution >= 0.6 is 11.6 Å². The van der Waals surface area contributed by atoms with Crippen LogP contribution < -0.4 is 16.2 Å². The number of benzene rings is 2. The molecule has 0 saturated heterocycles. The highest BCUT2D eigenvalue weighted by molar-refractivity contribution is 6.36. The third kappa shape index (κ3) is 5.10. The largest absolute Gasteiger partial charge is 0.378 e. The van der Waals surface area contributed by atoms with Crippen molar-refractivity contribution < 1.29 is 4.39 Å². The number of halogens is 2. The third-order valence-electron chi connectivity index (χ3n) is 6.37. The number of nitriles is 1. The van der Waals surface area contributed by atoms with Gasteiger partial charge in [-0.25, -0.2) is 14.5 Å². The minimum absolute atomic E-state index is 0.253. The zero-order valence-electron chi connectivity index (χ0n) is 21.1. The van der Waals surface area contributed by atoms with E-state index in [-0.39, 0.29) is 11.4 Å². The topological polar surface area (TPSA) is 103 Å². The average molecular weight is 517 g/mol. The van der Waals surface area contributed by atoms with Gasteiger partial charge in [0.15, 0.2) is 0 Å². The second-order valence-electron chi connectivity index (χ2n) is 10.6. The molecule has 11 heteroatoms. The van der Waals surface area contributed by atoms with Crippen LogP contribution in [0.25, 0.3) is 10.9 Å². The minimum Gasteiger partial charge on any atom is -0.378 e. The second-order valence-corrected chi connectivity index (χ2v) is 11.0. The lowest BCUT2D eigenvalue weighted by molar-refractivity contribution is 0.466. The summed E-state index contributed by atoms with van der Waals surface area (Å²) >= 11 is 6.70. The summed E-state index contributed by atoms with van der Waals surface area (Å²) in [6.07, 6.45) is 5.60. The van der Waals surface area contributed by atoms with E-state index in [0.29, 0.717) is 44.6 Å². The maximum absolute atomic E-state index is 13.8. The Bertz CT molecular complexity index is 1500. The normalized spacial score (nSPS) is 15.2. The Balaban J connectivity index is 1.62. The quantitative estimate of drug-likeness (QED) is 0.246. The monoisotopic (exact) mass is 516 g/mol. The maximum atomic E-state index is 13.8. The zero-order chi connectivity index (χ0) is 26.4. The predicted octanol–water partition coefficient (Wildman–Crippen LogP) is 4.49. The van der Waals surface area contributed by atoms with E-state index in [4.69, 9.17) is 11.6 Å². The van der Waals surface area contributed by atoms with Crippen LogP contribution in [0.4, 0.5) is 15.8 Å². The number of hydrogen-bond donors (Lipinski definition) is 3. The Morgan fingerprint density at radius 1 is 1.19 bits per heavy atom. The van der Waals surface area contributed by atoms with Gasteiger partial charge in [-0.1, -0.05) is 28.9 Å². The number of pyridine rings is 1. The Hall–Kier alpha value is -3.68. The molecular weight excluding hydrogens is 490 g/mol. The first-order chi connectivity index (χ1) is 17.6. The molecule has 1 atom stereocenters. The molecule has 1 unspecified atom stereocenters. The molecule has 8 nitrogen and oxygen atoms in total. The van der Waals surface area contributed by atoms with Crippen LogP contribution in [0.3, 0.4) is 0 Å². The van der Waals surface area contributed by atoms with Gasteiger partial charge in [-0.2, -0.15) is 5.26 Å². The Morgan fingerprint density at radius 3 is 2.57 bits per heavy atom. The standard InChI is InChI=1S/C26H27BClFN8/c1-25(2,3)35-34-23-15(12-30)13-31-24-20(23)10-18(11-21(24)28)32-26(27,16-4-6-17(29)7-5-16)22-14-37(36-33-22)19-8-9-19/h4-7,10-11,13-14,19,32,35H,8-9,27H2,1-3H3,(H,31,34). The Morgan fingerprint density at radius 2 is 1.92 bits per heavy atom. The van der Waals surface area contributed by atoms with Crippen LogP contribution in [0.2, 0.25) is 5.02 Å². The van der Waals surface area contributed by atoms with Crippen molar-refractivity contribution in [3.63, 3.8) is 0 Å². The van der Waals surface area contributed by atoms with Crippen molar-refractivity contribution in [2.45, 2.75) is 50.6 Å². The van der Waals surface area contributed by atoms with E-state index in [9.17, 15) is 9.65 Å². The molecule has 2 aromatic heterocycles. The predicted molar refractivity (Wildman–Crippen MR) is 146 cm³/mol. The molecule has 0 spiro atoms.